The van der Waals surface area contributed by atoms with Crippen molar-refractivity contribution in [3.05, 3.63) is 41.7 Å². The molecule has 0 bridgehead atoms. The molecule has 2 heteroatoms. The normalized spacial score (nSPS) is 10.7. The van der Waals surface area contributed by atoms with Crippen molar-refractivity contribution in [1.82, 2.24) is 0 Å². The van der Waals surface area contributed by atoms with Crippen LogP contribution in [0.15, 0.2) is 30.4 Å². The minimum Gasteiger partial charge on any atom is -0.486 e. The first-order chi connectivity index (χ1) is 6.24. The van der Waals surface area contributed by atoms with Gasteiger partial charge in [-0.2, -0.15) is 0 Å². The van der Waals surface area contributed by atoms with Gasteiger partial charge in [0.25, 0.3) is 0 Å². The third-order valence-electron chi connectivity index (χ3n) is 1.66. The quantitative estimate of drug-likeness (QED) is 0.649. The topological polar surface area (TPSA) is 9.23 Å². The maximum atomic E-state index is 13.1. The lowest BCUT2D eigenvalue weighted by Gasteiger charge is -2.04. The Bertz CT molecular complexity index is 305. The zero-order valence-electron chi connectivity index (χ0n) is 7.88. The molecule has 0 fully saturated rings. The molecule has 0 N–H and O–H groups in total. The van der Waals surface area contributed by atoms with Gasteiger partial charge in [-0.05, 0) is 31.5 Å². The average molecular weight is 180 g/mol. The molecule has 0 atom stereocenters. The molecule has 0 saturated heterocycles. The molecule has 0 aliphatic carbocycles. The first kappa shape index (κ1) is 9.78. The highest BCUT2D eigenvalue weighted by Crippen LogP contribution is 2.17. The molecule has 0 aliphatic heterocycles. The van der Waals surface area contributed by atoms with Crippen molar-refractivity contribution in [2.75, 3.05) is 6.61 Å². The van der Waals surface area contributed by atoms with Gasteiger partial charge in [0.1, 0.15) is 6.61 Å². The smallest absolute Gasteiger partial charge is 0.165 e. The number of benzene rings is 1. The lowest BCUT2D eigenvalue weighted by molar-refractivity contribution is 0.341. The van der Waals surface area contributed by atoms with Crippen molar-refractivity contribution in [3.63, 3.8) is 0 Å². The summed E-state index contributed by atoms with van der Waals surface area (Å²) in [5, 5.41) is 0. The molecule has 0 aliphatic rings. The van der Waals surface area contributed by atoms with E-state index in [1.807, 2.05) is 32.1 Å². The van der Waals surface area contributed by atoms with Gasteiger partial charge in [-0.15, -0.1) is 0 Å². The van der Waals surface area contributed by atoms with E-state index in [0.29, 0.717) is 12.4 Å². The van der Waals surface area contributed by atoms with Crippen LogP contribution in [0.1, 0.15) is 12.5 Å². The van der Waals surface area contributed by atoms with Crippen molar-refractivity contribution in [1.29, 1.82) is 0 Å². The van der Waals surface area contributed by atoms with Crippen LogP contribution in [0.4, 0.5) is 4.39 Å². The maximum Gasteiger partial charge on any atom is 0.165 e. The van der Waals surface area contributed by atoms with Gasteiger partial charge in [-0.25, -0.2) is 4.39 Å². The lowest BCUT2D eigenvalue weighted by Crippen LogP contribution is -1.95. The van der Waals surface area contributed by atoms with Crippen molar-refractivity contribution < 1.29 is 9.13 Å². The molecule has 70 valence electrons. The summed E-state index contributed by atoms with van der Waals surface area (Å²) in [6.07, 6.45) is 3.70. The number of aryl methyl sites for hydroxylation is 1. The summed E-state index contributed by atoms with van der Waals surface area (Å²) in [5.74, 6) is 0.00760. The van der Waals surface area contributed by atoms with Gasteiger partial charge in [0.05, 0.1) is 0 Å². The third kappa shape index (κ3) is 2.90. The van der Waals surface area contributed by atoms with Gasteiger partial charge in [-0.1, -0.05) is 18.2 Å². The van der Waals surface area contributed by atoms with Gasteiger partial charge in [-0.3, -0.25) is 0 Å². The third-order valence-corrected chi connectivity index (χ3v) is 1.66. The van der Waals surface area contributed by atoms with Gasteiger partial charge >= 0.3 is 0 Å². The van der Waals surface area contributed by atoms with E-state index >= 15 is 0 Å². The maximum absolute atomic E-state index is 13.1. The molecule has 0 aromatic heterocycles. The van der Waals surface area contributed by atoms with E-state index in [2.05, 4.69) is 0 Å². The molecule has 0 spiro atoms. The Hall–Kier alpha value is -1.31. The Balaban J connectivity index is 2.66. The number of allylic oxidation sites excluding steroid dienone is 1. The van der Waals surface area contributed by atoms with Crippen molar-refractivity contribution in [2.45, 2.75) is 13.8 Å². The largest absolute Gasteiger partial charge is 0.486 e. The molecule has 13 heavy (non-hydrogen) atoms. The molecule has 0 unspecified atom stereocenters. The van der Waals surface area contributed by atoms with Crippen LogP contribution in [-0.2, 0) is 0 Å². The van der Waals surface area contributed by atoms with Gasteiger partial charge < -0.3 is 4.74 Å². The monoisotopic (exact) mass is 180 g/mol. The summed E-state index contributed by atoms with van der Waals surface area (Å²) in [6.45, 7) is 4.16. The van der Waals surface area contributed by atoms with E-state index in [0.717, 1.165) is 5.56 Å². The molecule has 0 saturated carbocycles. The second-order valence-corrected chi connectivity index (χ2v) is 2.81. The summed E-state index contributed by atoms with van der Waals surface area (Å²) in [6, 6.07) is 4.94. The molecule has 1 nitrogen and oxygen atoms in total. The van der Waals surface area contributed by atoms with Gasteiger partial charge in [0.15, 0.2) is 11.6 Å². The fourth-order valence-corrected chi connectivity index (χ4v) is 0.957. The van der Waals surface area contributed by atoms with E-state index in [-0.39, 0.29) is 5.82 Å². The average Bonchev–Trinajstić information content (AvgIpc) is 2.09. The van der Waals surface area contributed by atoms with Crippen LogP contribution in [-0.4, -0.2) is 6.61 Å². The Morgan fingerprint density at radius 3 is 2.85 bits per heavy atom. The van der Waals surface area contributed by atoms with Crippen molar-refractivity contribution in [3.8, 4) is 5.75 Å². The lowest BCUT2D eigenvalue weighted by atomic mass is 10.2. The second-order valence-electron chi connectivity index (χ2n) is 2.81. The predicted octanol–water partition coefficient (Wildman–Crippen LogP) is 3.09. The van der Waals surface area contributed by atoms with Crippen LogP contribution in [0.2, 0.25) is 0 Å². The first-order valence-corrected chi connectivity index (χ1v) is 4.24. The van der Waals surface area contributed by atoms with Crippen LogP contribution in [0, 0.1) is 12.7 Å². The van der Waals surface area contributed by atoms with Gasteiger partial charge in [0, 0.05) is 0 Å². The van der Waals surface area contributed by atoms with E-state index in [9.17, 15) is 4.39 Å². The minimum absolute atomic E-state index is 0.301. The summed E-state index contributed by atoms with van der Waals surface area (Å²) >= 11 is 0. The van der Waals surface area contributed by atoms with E-state index in [1.54, 1.807) is 6.07 Å². The number of ether oxygens (including phenoxy) is 1. The van der Waals surface area contributed by atoms with E-state index in [1.165, 1.54) is 6.07 Å². The van der Waals surface area contributed by atoms with Crippen LogP contribution in [0.25, 0.3) is 0 Å². The highest BCUT2D eigenvalue weighted by atomic mass is 19.1. The molecule has 1 aromatic rings. The van der Waals surface area contributed by atoms with Crippen LogP contribution in [0.5, 0.6) is 5.75 Å². The SMILES string of the molecule is C/C=C\COc1ccc(C)cc1F. The Morgan fingerprint density at radius 1 is 1.46 bits per heavy atom. The summed E-state index contributed by atoms with van der Waals surface area (Å²) in [4.78, 5) is 0. The molecular formula is C11H13FO. The Labute approximate surface area is 77.8 Å². The van der Waals surface area contributed by atoms with Crippen molar-refractivity contribution >= 4 is 0 Å². The molecule has 0 heterocycles. The van der Waals surface area contributed by atoms with Crippen LogP contribution >= 0.6 is 0 Å². The molecular weight excluding hydrogens is 167 g/mol. The first-order valence-electron chi connectivity index (χ1n) is 4.24. The summed E-state index contributed by atoms with van der Waals surface area (Å²) in [7, 11) is 0. The van der Waals surface area contributed by atoms with Crippen molar-refractivity contribution in [2.24, 2.45) is 0 Å². The summed E-state index contributed by atoms with van der Waals surface area (Å²) in [5.41, 5.74) is 0.899. The molecule has 0 amide bonds. The fraction of sp³-hybridized carbons (Fsp3) is 0.273. The molecule has 1 rings (SSSR count). The zero-order chi connectivity index (χ0) is 9.68. The second kappa shape index (κ2) is 4.65. The predicted molar refractivity (Wildman–Crippen MR) is 51.4 cm³/mol. The summed E-state index contributed by atoms with van der Waals surface area (Å²) < 4.78 is 18.3. The number of hydrogen-bond donors (Lipinski definition) is 0. The highest BCUT2D eigenvalue weighted by molar-refractivity contribution is 5.28. The van der Waals surface area contributed by atoms with E-state index < -0.39 is 0 Å². The van der Waals surface area contributed by atoms with Crippen LogP contribution < -0.4 is 4.74 Å². The molecule has 1 aromatic carbocycles. The fourth-order valence-electron chi connectivity index (χ4n) is 0.957. The van der Waals surface area contributed by atoms with Gasteiger partial charge in [0.2, 0.25) is 0 Å². The number of halogens is 1. The highest BCUT2D eigenvalue weighted by Gasteiger charge is 2.00. The zero-order valence-corrected chi connectivity index (χ0v) is 7.88. The molecule has 0 radical (unpaired) electrons. The number of hydrogen-bond acceptors (Lipinski definition) is 1. The Kier molecular flexibility index (Phi) is 3.50. The minimum atomic E-state index is -0.301. The number of rotatable bonds is 3. The van der Waals surface area contributed by atoms with E-state index in [4.69, 9.17) is 4.74 Å². The Morgan fingerprint density at radius 2 is 2.23 bits per heavy atom. The van der Waals surface area contributed by atoms with Crippen LogP contribution in [0.3, 0.4) is 0 Å². The standard InChI is InChI=1S/C11H13FO/c1-3-4-7-13-11-6-5-9(2)8-10(11)12/h3-6,8H,7H2,1-2H3/b4-3-.